The van der Waals surface area contributed by atoms with Gasteiger partial charge in [0.1, 0.15) is 13.2 Å². The van der Waals surface area contributed by atoms with Gasteiger partial charge in [0.15, 0.2) is 11.5 Å². The van der Waals surface area contributed by atoms with E-state index < -0.39 is 0 Å². The molecule has 0 radical (unpaired) electrons. The van der Waals surface area contributed by atoms with E-state index in [2.05, 4.69) is 29.3 Å². The number of benzene rings is 4. The van der Waals surface area contributed by atoms with E-state index in [-0.39, 0.29) is 5.91 Å². The number of nitrogens with zero attached hydrogens (tertiary/aromatic N) is 2. The maximum absolute atomic E-state index is 12.6. The lowest BCUT2D eigenvalue weighted by atomic mass is 10.2. The van der Waals surface area contributed by atoms with Crippen molar-refractivity contribution < 1.29 is 14.3 Å². The van der Waals surface area contributed by atoms with Crippen LogP contribution in [-0.2, 0) is 13.2 Å². The molecule has 0 fully saturated rings. The molecule has 0 spiro atoms. The van der Waals surface area contributed by atoms with Gasteiger partial charge in [0.25, 0.3) is 5.91 Å². The standard InChI is InChI=1S/C32H33N3O3/c1-3-35(4-2)29-18-16-28(17-19-29)32(36)34-33-22-27-15-20-30(37-23-25-11-7-5-8-12-25)31(21-27)38-24-26-13-9-6-10-14-26/h5-22H,3-4,23-24H2,1-2H3,(H,34,36). The Balaban J connectivity index is 1.43. The highest BCUT2D eigenvalue weighted by Crippen LogP contribution is 2.29. The highest BCUT2D eigenvalue weighted by atomic mass is 16.5. The van der Waals surface area contributed by atoms with Crippen LogP contribution in [-0.4, -0.2) is 25.2 Å². The quantitative estimate of drug-likeness (QED) is 0.177. The molecule has 0 saturated heterocycles. The van der Waals surface area contributed by atoms with Crippen molar-refractivity contribution in [2.75, 3.05) is 18.0 Å². The SMILES string of the molecule is CCN(CC)c1ccc(C(=O)NN=Cc2ccc(OCc3ccccc3)c(OCc3ccccc3)c2)cc1. The minimum absolute atomic E-state index is 0.268. The Morgan fingerprint density at radius 1 is 0.763 bits per heavy atom. The molecule has 6 heteroatoms. The Labute approximate surface area is 224 Å². The first-order valence-corrected chi connectivity index (χ1v) is 12.8. The van der Waals surface area contributed by atoms with E-state index in [0.29, 0.717) is 30.3 Å². The van der Waals surface area contributed by atoms with Gasteiger partial charge in [0.2, 0.25) is 0 Å². The molecule has 0 aliphatic carbocycles. The molecule has 0 atom stereocenters. The van der Waals surface area contributed by atoms with Gasteiger partial charge in [-0.1, -0.05) is 60.7 Å². The zero-order chi connectivity index (χ0) is 26.6. The maximum atomic E-state index is 12.6. The van der Waals surface area contributed by atoms with Gasteiger partial charge >= 0.3 is 0 Å². The van der Waals surface area contributed by atoms with Crippen LogP contribution in [0.5, 0.6) is 11.5 Å². The van der Waals surface area contributed by atoms with Gasteiger partial charge in [0.05, 0.1) is 6.21 Å². The molecule has 0 unspecified atom stereocenters. The van der Waals surface area contributed by atoms with Gasteiger partial charge in [-0.3, -0.25) is 4.79 Å². The summed E-state index contributed by atoms with van der Waals surface area (Å²) in [6.45, 7) is 6.89. The van der Waals surface area contributed by atoms with Crippen molar-refractivity contribution in [3.05, 3.63) is 125 Å². The number of carbonyl (C=O) groups is 1. The molecule has 6 nitrogen and oxygen atoms in total. The van der Waals surface area contributed by atoms with E-state index >= 15 is 0 Å². The molecule has 0 saturated carbocycles. The fourth-order valence-electron chi connectivity index (χ4n) is 3.95. The number of hydrazone groups is 1. The summed E-state index contributed by atoms with van der Waals surface area (Å²) in [6.07, 6.45) is 1.60. The van der Waals surface area contributed by atoms with Crippen LogP contribution in [0.25, 0.3) is 0 Å². The molecule has 0 bridgehead atoms. The van der Waals surface area contributed by atoms with Crippen molar-refractivity contribution >= 4 is 17.8 Å². The summed E-state index contributed by atoms with van der Waals surface area (Å²) in [4.78, 5) is 14.8. The molecule has 1 N–H and O–H groups in total. The van der Waals surface area contributed by atoms with Crippen LogP contribution in [0.1, 0.15) is 40.9 Å². The van der Waals surface area contributed by atoms with Crippen LogP contribution >= 0.6 is 0 Å². The molecular weight excluding hydrogens is 474 g/mol. The van der Waals surface area contributed by atoms with Gasteiger partial charge in [-0.05, 0) is 73.0 Å². The van der Waals surface area contributed by atoms with Crippen LogP contribution in [0.2, 0.25) is 0 Å². The van der Waals surface area contributed by atoms with Gasteiger partial charge in [-0.2, -0.15) is 5.10 Å². The summed E-state index contributed by atoms with van der Waals surface area (Å²) in [7, 11) is 0. The number of carbonyl (C=O) groups excluding carboxylic acids is 1. The summed E-state index contributed by atoms with van der Waals surface area (Å²) in [6, 6.07) is 33.1. The van der Waals surface area contributed by atoms with Crippen LogP contribution in [0.15, 0.2) is 108 Å². The van der Waals surface area contributed by atoms with E-state index in [1.54, 1.807) is 6.21 Å². The van der Waals surface area contributed by atoms with Crippen molar-refractivity contribution in [1.29, 1.82) is 0 Å². The molecule has 4 aromatic rings. The molecule has 194 valence electrons. The van der Waals surface area contributed by atoms with Gasteiger partial charge in [0, 0.05) is 24.3 Å². The van der Waals surface area contributed by atoms with Gasteiger partial charge < -0.3 is 14.4 Å². The van der Waals surface area contributed by atoms with Crippen molar-refractivity contribution in [1.82, 2.24) is 5.43 Å². The lowest BCUT2D eigenvalue weighted by Gasteiger charge is -2.20. The van der Waals surface area contributed by atoms with E-state index in [0.717, 1.165) is 35.5 Å². The second kappa shape index (κ2) is 13.7. The van der Waals surface area contributed by atoms with Crippen LogP contribution in [0, 0.1) is 0 Å². The number of hydrogen-bond acceptors (Lipinski definition) is 5. The Morgan fingerprint density at radius 2 is 1.34 bits per heavy atom. The average Bonchev–Trinajstić information content (AvgIpc) is 2.97. The monoisotopic (exact) mass is 507 g/mol. The first-order chi connectivity index (χ1) is 18.7. The van der Waals surface area contributed by atoms with Crippen molar-refractivity contribution in [3.63, 3.8) is 0 Å². The number of hydrogen-bond donors (Lipinski definition) is 1. The number of ether oxygens (including phenoxy) is 2. The highest BCUT2D eigenvalue weighted by Gasteiger charge is 2.09. The van der Waals surface area contributed by atoms with Crippen molar-refractivity contribution in [2.24, 2.45) is 5.10 Å². The van der Waals surface area contributed by atoms with Crippen LogP contribution in [0.3, 0.4) is 0 Å². The predicted octanol–water partition coefficient (Wildman–Crippen LogP) is 6.45. The summed E-state index contributed by atoms with van der Waals surface area (Å²) in [5, 5.41) is 4.16. The minimum Gasteiger partial charge on any atom is -0.485 e. The molecule has 4 aromatic carbocycles. The molecule has 0 aliphatic heterocycles. The topological polar surface area (TPSA) is 63.2 Å². The van der Waals surface area contributed by atoms with Crippen LogP contribution in [0.4, 0.5) is 5.69 Å². The largest absolute Gasteiger partial charge is 0.485 e. The molecular formula is C32H33N3O3. The zero-order valence-electron chi connectivity index (χ0n) is 21.8. The number of anilines is 1. The molecule has 0 aromatic heterocycles. The summed E-state index contributed by atoms with van der Waals surface area (Å²) in [5.41, 5.74) is 7.15. The summed E-state index contributed by atoms with van der Waals surface area (Å²) < 4.78 is 12.2. The Hall–Kier alpha value is -4.58. The number of amides is 1. The van der Waals surface area contributed by atoms with E-state index in [1.807, 2.05) is 103 Å². The minimum atomic E-state index is -0.268. The first kappa shape index (κ1) is 26.5. The number of nitrogens with one attached hydrogen (secondary N) is 1. The highest BCUT2D eigenvalue weighted by molar-refractivity contribution is 5.95. The van der Waals surface area contributed by atoms with Gasteiger partial charge in [-0.15, -0.1) is 0 Å². The second-order valence-electron chi connectivity index (χ2n) is 8.67. The Bertz CT molecular complexity index is 1320. The third kappa shape index (κ3) is 7.46. The predicted molar refractivity (Wildman–Crippen MR) is 153 cm³/mol. The van der Waals surface area contributed by atoms with Crippen LogP contribution < -0.4 is 19.8 Å². The zero-order valence-corrected chi connectivity index (χ0v) is 21.8. The lowest BCUT2D eigenvalue weighted by Crippen LogP contribution is -2.22. The third-order valence-corrected chi connectivity index (χ3v) is 6.08. The fraction of sp³-hybridized carbons (Fsp3) is 0.188. The van der Waals surface area contributed by atoms with E-state index in [9.17, 15) is 4.79 Å². The first-order valence-electron chi connectivity index (χ1n) is 12.8. The molecule has 0 heterocycles. The normalized spacial score (nSPS) is 10.8. The average molecular weight is 508 g/mol. The maximum Gasteiger partial charge on any atom is 0.271 e. The molecule has 4 rings (SSSR count). The fourth-order valence-corrected chi connectivity index (χ4v) is 3.95. The third-order valence-electron chi connectivity index (χ3n) is 6.08. The lowest BCUT2D eigenvalue weighted by molar-refractivity contribution is 0.0955. The van der Waals surface area contributed by atoms with Crippen molar-refractivity contribution in [2.45, 2.75) is 27.1 Å². The Morgan fingerprint density at radius 3 is 1.92 bits per heavy atom. The van der Waals surface area contributed by atoms with E-state index in [1.165, 1.54) is 0 Å². The Kier molecular flexibility index (Phi) is 9.51. The smallest absolute Gasteiger partial charge is 0.271 e. The second-order valence-corrected chi connectivity index (χ2v) is 8.67. The summed E-state index contributed by atoms with van der Waals surface area (Å²) >= 11 is 0. The molecule has 0 aliphatic rings. The van der Waals surface area contributed by atoms with Gasteiger partial charge in [-0.25, -0.2) is 5.43 Å². The number of rotatable bonds is 12. The summed E-state index contributed by atoms with van der Waals surface area (Å²) in [5.74, 6) is 0.974. The van der Waals surface area contributed by atoms with E-state index in [4.69, 9.17) is 9.47 Å². The molecule has 1 amide bonds. The molecule has 38 heavy (non-hydrogen) atoms. The van der Waals surface area contributed by atoms with Crippen molar-refractivity contribution in [3.8, 4) is 11.5 Å².